The van der Waals surface area contributed by atoms with Crippen LogP contribution < -0.4 is 16.4 Å². The summed E-state index contributed by atoms with van der Waals surface area (Å²) in [5, 5.41) is 5.22. The molecule has 19 heavy (non-hydrogen) atoms. The maximum atomic E-state index is 11.9. The molecule has 0 saturated heterocycles. The molecule has 1 heterocycles. The van der Waals surface area contributed by atoms with Crippen molar-refractivity contribution in [2.24, 2.45) is 5.73 Å². The van der Waals surface area contributed by atoms with Crippen LogP contribution in [0.25, 0.3) is 0 Å². The van der Waals surface area contributed by atoms with Crippen LogP contribution in [0.2, 0.25) is 0 Å². The summed E-state index contributed by atoms with van der Waals surface area (Å²) < 4.78 is 0. The Morgan fingerprint density at radius 3 is 2.37 bits per heavy atom. The molecule has 2 rings (SSSR count). The predicted molar refractivity (Wildman–Crippen MR) is 76.7 cm³/mol. The van der Waals surface area contributed by atoms with E-state index in [0.29, 0.717) is 16.3 Å². The molecule has 4 N–H and O–H groups in total. The van der Waals surface area contributed by atoms with Crippen LogP contribution in [0.4, 0.5) is 16.2 Å². The van der Waals surface area contributed by atoms with Gasteiger partial charge in [-0.15, -0.1) is 11.3 Å². The summed E-state index contributed by atoms with van der Waals surface area (Å²) in [5.74, 6) is -0.172. The third-order valence-corrected chi connectivity index (χ3v) is 3.35. The molecule has 98 valence electrons. The summed E-state index contributed by atoms with van der Waals surface area (Å²) in [6, 6.07) is 9.83. The maximum absolute atomic E-state index is 11.9. The van der Waals surface area contributed by atoms with Crippen LogP contribution in [0.5, 0.6) is 0 Å². The Morgan fingerprint density at radius 2 is 1.79 bits per heavy atom. The van der Waals surface area contributed by atoms with Gasteiger partial charge in [0.25, 0.3) is 5.91 Å². The molecule has 3 amide bonds. The Morgan fingerprint density at radius 1 is 1.11 bits per heavy atom. The molecule has 0 atom stereocenters. The molecule has 0 spiro atoms. The number of anilines is 2. The number of urea groups is 1. The van der Waals surface area contributed by atoms with Crippen molar-refractivity contribution in [3.8, 4) is 0 Å². The molecule has 2 aromatic rings. The Kier molecular flexibility index (Phi) is 3.82. The quantitative estimate of drug-likeness (QED) is 0.804. The van der Waals surface area contributed by atoms with Crippen LogP contribution in [0, 0.1) is 6.92 Å². The third-order valence-electron chi connectivity index (χ3n) is 2.35. The minimum Gasteiger partial charge on any atom is -0.351 e. The lowest BCUT2D eigenvalue weighted by atomic mass is 10.2. The first kappa shape index (κ1) is 13.1. The fourth-order valence-corrected chi connectivity index (χ4v) is 2.33. The van der Waals surface area contributed by atoms with Gasteiger partial charge in [0.15, 0.2) is 0 Å². The molecule has 0 aliphatic rings. The van der Waals surface area contributed by atoms with Crippen molar-refractivity contribution in [1.82, 2.24) is 0 Å². The fourth-order valence-electron chi connectivity index (χ4n) is 1.57. The van der Waals surface area contributed by atoms with Crippen LogP contribution in [-0.2, 0) is 0 Å². The van der Waals surface area contributed by atoms with E-state index in [2.05, 4.69) is 10.6 Å². The Bertz CT molecular complexity index is 622. The lowest BCUT2D eigenvalue weighted by Gasteiger charge is -2.06. The number of aryl methyl sites for hydroxylation is 1. The normalized spacial score (nSPS) is 9.95. The van der Waals surface area contributed by atoms with Gasteiger partial charge in [-0.25, -0.2) is 4.79 Å². The van der Waals surface area contributed by atoms with Gasteiger partial charge in [-0.3, -0.25) is 4.79 Å². The van der Waals surface area contributed by atoms with Crippen LogP contribution in [-0.4, -0.2) is 11.9 Å². The van der Waals surface area contributed by atoms with Crippen molar-refractivity contribution >= 4 is 34.6 Å². The number of carbonyl (C=O) groups is 2. The summed E-state index contributed by atoms with van der Waals surface area (Å²) in [5.41, 5.74) is 6.17. The minimum atomic E-state index is -0.641. The van der Waals surface area contributed by atoms with Crippen LogP contribution in [0.1, 0.15) is 14.5 Å². The number of hydrogen-bond donors (Lipinski definition) is 3. The molecule has 0 unspecified atom stereocenters. The van der Waals surface area contributed by atoms with Gasteiger partial charge in [0, 0.05) is 16.3 Å². The molecular weight excluding hydrogens is 262 g/mol. The molecule has 0 radical (unpaired) electrons. The number of benzene rings is 1. The second-order valence-corrected chi connectivity index (χ2v) is 5.22. The number of nitrogens with one attached hydrogen (secondary N) is 2. The van der Waals surface area contributed by atoms with Crippen LogP contribution in [0.15, 0.2) is 36.4 Å². The first-order valence-corrected chi connectivity index (χ1v) is 6.40. The zero-order valence-electron chi connectivity index (χ0n) is 10.3. The smallest absolute Gasteiger partial charge is 0.316 e. The SMILES string of the molecule is Cc1ccc(C(=O)Nc2cccc(NC(N)=O)c2)s1. The van der Waals surface area contributed by atoms with Crippen molar-refractivity contribution in [3.63, 3.8) is 0 Å². The summed E-state index contributed by atoms with van der Waals surface area (Å²) in [7, 11) is 0. The average molecular weight is 275 g/mol. The molecule has 1 aromatic heterocycles. The van der Waals surface area contributed by atoms with E-state index >= 15 is 0 Å². The second-order valence-electron chi connectivity index (χ2n) is 3.93. The van der Waals surface area contributed by atoms with Crippen molar-refractivity contribution in [3.05, 3.63) is 46.2 Å². The summed E-state index contributed by atoms with van der Waals surface area (Å²) in [6.07, 6.45) is 0. The number of rotatable bonds is 3. The molecule has 0 aliphatic carbocycles. The highest BCUT2D eigenvalue weighted by atomic mass is 32.1. The number of nitrogens with two attached hydrogens (primary N) is 1. The highest BCUT2D eigenvalue weighted by Crippen LogP contribution is 2.19. The number of amides is 3. The van der Waals surface area contributed by atoms with E-state index in [9.17, 15) is 9.59 Å². The number of hydrogen-bond acceptors (Lipinski definition) is 3. The molecule has 6 heteroatoms. The summed E-state index contributed by atoms with van der Waals surface area (Å²) in [4.78, 5) is 24.4. The van der Waals surface area contributed by atoms with Crippen molar-refractivity contribution in [2.45, 2.75) is 6.92 Å². The lowest BCUT2D eigenvalue weighted by molar-refractivity contribution is 0.103. The van der Waals surface area contributed by atoms with Crippen LogP contribution in [0.3, 0.4) is 0 Å². The highest BCUT2D eigenvalue weighted by molar-refractivity contribution is 7.14. The summed E-state index contributed by atoms with van der Waals surface area (Å²) in [6.45, 7) is 1.94. The van der Waals surface area contributed by atoms with Gasteiger partial charge in [0.1, 0.15) is 0 Å². The standard InChI is InChI=1S/C13H13N3O2S/c1-8-5-6-11(19-8)12(17)15-9-3-2-4-10(7-9)16-13(14)18/h2-7H,1H3,(H,15,17)(H3,14,16,18). The minimum absolute atomic E-state index is 0.172. The van der Waals surface area contributed by atoms with E-state index in [0.717, 1.165) is 4.88 Å². The van der Waals surface area contributed by atoms with Gasteiger partial charge < -0.3 is 16.4 Å². The van der Waals surface area contributed by atoms with Crippen molar-refractivity contribution in [2.75, 3.05) is 10.6 Å². The summed E-state index contributed by atoms with van der Waals surface area (Å²) >= 11 is 1.43. The van der Waals surface area contributed by atoms with Gasteiger partial charge in [-0.2, -0.15) is 0 Å². The first-order chi connectivity index (χ1) is 9.04. The molecule has 0 fully saturated rings. The Labute approximate surface area is 114 Å². The zero-order chi connectivity index (χ0) is 13.8. The average Bonchev–Trinajstić information content (AvgIpc) is 2.75. The van der Waals surface area contributed by atoms with Crippen molar-refractivity contribution in [1.29, 1.82) is 0 Å². The fraction of sp³-hybridized carbons (Fsp3) is 0.0769. The molecule has 0 saturated carbocycles. The van der Waals surface area contributed by atoms with Gasteiger partial charge in [0.2, 0.25) is 0 Å². The van der Waals surface area contributed by atoms with Gasteiger partial charge >= 0.3 is 6.03 Å². The highest BCUT2D eigenvalue weighted by Gasteiger charge is 2.08. The lowest BCUT2D eigenvalue weighted by Crippen LogP contribution is -2.19. The van der Waals surface area contributed by atoms with Gasteiger partial charge in [0.05, 0.1) is 4.88 Å². The molecule has 5 nitrogen and oxygen atoms in total. The van der Waals surface area contributed by atoms with E-state index in [-0.39, 0.29) is 5.91 Å². The van der Waals surface area contributed by atoms with E-state index < -0.39 is 6.03 Å². The van der Waals surface area contributed by atoms with E-state index in [1.54, 1.807) is 30.3 Å². The van der Waals surface area contributed by atoms with Crippen molar-refractivity contribution < 1.29 is 9.59 Å². The molecule has 0 aliphatic heterocycles. The predicted octanol–water partition coefficient (Wildman–Crippen LogP) is 2.80. The maximum Gasteiger partial charge on any atom is 0.316 e. The first-order valence-electron chi connectivity index (χ1n) is 5.59. The van der Waals surface area contributed by atoms with E-state index in [1.807, 2.05) is 13.0 Å². The second kappa shape index (κ2) is 5.53. The van der Waals surface area contributed by atoms with E-state index in [4.69, 9.17) is 5.73 Å². The monoisotopic (exact) mass is 275 g/mol. The number of thiophene rings is 1. The largest absolute Gasteiger partial charge is 0.351 e. The number of carbonyl (C=O) groups excluding carboxylic acids is 2. The van der Waals surface area contributed by atoms with Gasteiger partial charge in [-0.1, -0.05) is 6.07 Å². The molecule has 0 bridgehead atoms. The van der Waals surface area contributed by atoms with Gasteiger partial charge in [-0.05, 0) is 37.3 Å². The van der Waals surface area contributed by atoms with Crippen LogP contribution >= 0.6 is 11.3 Å². The Balaban J connectivity index is 2.10. The van der Waals surface area contributed by atoms with E-state index in [1.165, 1.54) is 11.3 Å². The Hall–Kier alpha value is -2.34. The molecular formula is C13H13N3O2S. The third kappa shape index (κ3) is 3.56. The number of primary amides is 1. The molecule has 1 aromatic carbocycles. The zero-order valence-corrected chi connectivity index (χ0v) is 11.1. The topological polar surface area (TPSA) is 84.2 Å².